The van der Waals surface area contributed by atoms with Crippen LogP contribution in [0.2, 0.25) is 0 Å². The van der Waals surface area contributed by atoms with Gasteiger partial charge < -0.3 is 16.2 Å². The van der Waals surface area contributed by atoms with Crippen LogP contribution in [-0.2, 0) is 17.4 Å². The SMILES string of the molecule is CC(C)(C)c1cc(I)cc(C2(NCC(O)C(N)Cc3cc(F)cc(F)c3)CCCCC2)c1. The van der Waals surface area contributed by atoms with E-state index in [1.54, 1.807) is 0 Å². The van der Waals surface area contributed by atoms with Gasteiger partial charge in [-0.15, -0.1) is 0 Å². The second-order valence-electron chi connectivity index (χ2n) is 10.2. The third-order valence-corrected chi connectivity index (χ3v) is 7.18. The molecule has 4 N–H and O–H groups in total. The zero-order valence-electron chi connectivity index (χ0n) is 19.2. The molecular formula is C26H35F2IN2O. The second kappa shape index (κ2) is 10.5. The Morgan fingerprint density at radius 2 is 1.66 bits per heavy atom. The number of rotatable bonds is 7. The predicted molar refractivity (Wildman–Crippen MR) is 135 cm³/mol. The maximum atomic E-state index is 13.5. The van der Waals surface area contributed by atoms with E-state index in [1.165, 1.54) is 33.3 Å². The summed E-state index contributed by atoms with van der Waals surface area (Å²) >= 11 is 2.39. The van der Waals surface area contributed by atoms with Crippen molar-refractivity contribution in [3.8, 4) is 0 Å². The van der Waals surface area contributed by atoms with E-state index in [0.717, 1.165) is 31.7 Å². The first kappa shape index (κ1) is 25.5. The highest BCUT2D eigenvalue weighted by atomic mass is 127. The van der Waals surface area contributed by atoms with Crippen molar-refractivity contribution in [2.75, 3.05) is 6.54 Å². The molecule has 0 aliphatic heterocycles. The molecule has 0 aromatic heterocycles. The first-order valence-electron chi connectivity index (χ1n) is 11.4. The number of aliphatic hydroxyl groups excluding tert-OH is 1. The van der Waals surface area contributed by atoms with Crippen LogP contribution in [0.25, 0.3) is 0 Å². The smallest absolute Gasteiger partial charge is 0.126 e. The van der Waals surface area contributed by atoms with Crippen LogP contribution in [0.4, 0.5) is 8.78 Å². The number of hydrogen-bond donors (Lipinski definition) is 3. The van der Waals surface area contributed by atoms with Gasteiger partial charge >= 0.3 is 0 Å². The third-order valence-electron chi connectivity index (χ3n) is 6.56. The lowest BCUT2D eigenvalue weighted by Gasteiger charge is -2.41. The van der Waals surface area contributed by atoms with Gasteiger partial charge in [-0.2, -0.15) is 0 Å². The zero-order valence-corrected chi connectivity index (χ0v) is 21.4. The van der Waals surface area contributed by atoms with Crippen LogP contribution in [0.1, 0.15) is 69.6 Å². The molecule has 0 radical (unpaired) electrons. The lowest BCUT2D eigenvalue weighted by atomic mass is 9.74. The van der Waals surface area contributed by atoms with Crippen molar-refractivity contribution in [3.05, 3.63) is 68.3 Å². The molecule has 1 saturated carbocycles. The van der Waals surface area contributed by atoms with Crippen LogP contribution < -0.4 is 11.1 Å². The largest absolute Gasteiger partial charge is 0.390 e. The van der Waals surface area contributed by atoms with Gasteiger partial charge in [-0.1, -0.05) is 46.1 Å². The first-order chi connectivity index (χ1) is 15.0. The molecule has 3 nitrogen and oxygen atoms in total. The maximum absolute atomic E-state index is 13.5. The fraction of sp³-hybridized carbons (Fsp3) is 0.538. The molecular weight excluding hydrogens is 521 g/mol. The fourth-order valence-electron chi connectivity index (χ4n) is 4.61. The van der Waals surface area contributed by atoms with Crippen LogP contribution in [0.15, 0.2) is 36.4 Å². The summed E-state index contributed by atoms with van der Waals surface area (Å²) in [4.78, 5) is 0. The van der Waals surface area contributed by atoms with Gasteiger partial charge in [0.25, 0.3) is 0 Å². The van der Waals surface area contributed by atoms with Crippen molar-refractivity contribution in [2.45, 2.75) is 82.4 Å². The molecule has 3 rings (SSSR count). The van der Waals surface area contributed by atoms with E-state index in [-0.39, 0.29) is 17.4 Å². The minimum atomic E-state index is -0.829. The Bertz CT molecular complexity index is 902. The lowest BCUT2D eigenvalue weighted by molar-refractivity contribution is 0.116. The Morgan fingerprint density at radius 3 is 2.25 bits per heavy atom. The number of nitrogens with one attached hydrogen (secondary N) is 1. The highest BCUT2D eigenvalue weighted by Crippen LogP contribution is 2.39. The van der Waals surface area contributed by atoms with Crippen LogP contribution >= 0.6 is 22.6 Å². The Balaban J connectivity index is 1.77. The average molecular weight is 556 g/mol. The molecule has 1 aliphatic carbocycles. The van der Waals surface area contributed by atoms with E-state index >= 15 is 0 Å². The van der Waals surface area contributed by atoms with E-state index in [4.69, 9.17) is 5.73 Å². The molecule has 0 bridgehead atoms. The summed E-state index contributed by atoms with van der Waals surface area (Å²) in [5.74, 6) is -1.26. The Kier molecular flexibility index (Phi) is 8.34. The molecule has 2 aromatic rings. The highest BCUT2D eigenvalue weighted by Gasteiger charge is 2.35. The van der Waals surface area contributed by atoms with Crippen LogP contribution in [-0.4, -0.2) is 23.8 Å². The van der Waals surface area contributed by atoms with E-state index < -0.39 is 23.8 Å². The fourth-order valence-corrected chi connectivity index (χ4v) is 5.28. The average Bonchev–Trinajstić information content (AvgIpc) is 2.70. The summed E-state index contributed by atoms with van der Waals surface area (Å²) < 4.78 is 28.2. The molecule has 6 heteroatoms. The van der Waals surface area contributed by atoms with Gasteiger partial charge in [0.2, 0.25) is 0 Å². The topological polar surface area (TPSA) is 58.3 Å². The molecule has 0 heterocycles. The Labute approximate surface area is 204 Å². The maximum Gasteiger partial charge on any atom is 0.126 e. The van der Waals surface area contributed by atoms with Crippen LogP contribution in [0.3, 0.4) is 0 Å². The van der Waals surface area contributed by atoms with Gasteiger partial charge in [-0.3, -0.25) is 0 Å². The first-order valence-corrected chi connectivity index (χ1v) is 12.5. The van der Waals surface area contributed by atoms with Gasteiger partial charge in [0.15, 0.2) is 0 Å². The van der Waals surface area contributed by atoms with Crippen LogP contribution in [0, 0.1) is 15.2 Å². The summed E-state index contributed by atoms with van der Waals surface area (Å²) in [5, 5.41) is 14.4. The molecule has 2 atom stereocenters. The number of hydrogen-bond acceptors (Lipinski definition) is 3. The Hall–Kier alpha value is -1.09. The number of halogens is 3. The normalized spacial score (nSPS) is 18.4. The van der Waals surface area contributed by atoms with Crippen molar-refractivity contribution in [2.24, 2.45) is 5.73 Å². The Morgan fingerprint density at radius 1 is 1.03 bits per heavy atom. The van der Waals surface area contributed by atoms with Gasteiger partial charge in [0.1, 0.15) is 11.6 Å². The molecule has 0 spiro atoms. The summed E-state index contributed by atoms with van der Waals surface area (Å²) in [6.07, 6.45) is 4.88. The van der Waals surface area contributed by atoms with Crippen molar-refractivity contribution >= 4 is 22.6 Å². The summed E-state index contributed by atoms with van der Waals surface area (Å²) in [6, 6.07) is 9.55. The molecule has 1 aliphatic rings. The standard InChI is InChI=1S/C26H35F2IN2O/c1-25(2,3)18-12-19(14-22(29)13-18)26(7-5-4-6-8-26)31-16-24(32)23(30)11-17-9-20(27)15-21(28)10-17/h9-10,12-15,23-24,31-32H,4-8,11,16,30H2,1-3H3. The van der Waals surface area contributed by atoms with Crippen molar-refractivity contribution in [1.29, 1.82) is 0 Å². The lowest BCUT2D eigenvalue weighted by Crippen LogP contribution is -2.51. The summed E-state index contributed by atoms with van der Waals surface area (Å²) in [5.41, 5.74) is 9.08. The minimum absolute atomic E-state index is 0.0495. The van der Waals surface area contributed by atoms with Crippen molar-refractivity contribution < 1.29 is 13.9 Å². The molecule has 0 amide bonds. The van der Waals surface area contributed by atoms with E-state index in [2.05, 4.69) is 66.9 Å². The van der Waals surface area contributed by atoms with Gasteiger partial charge in [0, 0.05) is 27.8 Å². The predicted octanol–water partition coefficient (Wildman–Crippen LogP) is 5.55. The molecule has 176 valence electrons. The number of aliphatic hydroxyl groups is 1. The van der Waals surface area contributed by atoms with Gasteiger partial charge in [-0.25, -0.2) is 8.78 Å². The van der Waals surface area contributed by atoms with E-state index in [1.807, 2.05) is 0 Å². The number of nitrogens with two attached hydrogens (primary N) is 1. The highest BCUT2D eigenvalue weighted by molar-refractivity contribution is 14.1. The van der Waals surface area contributed by atoms with Crippen LogP contribution in [0.5, 0.6) is 0 Å². The van der Waals surface area contributed by atoms with Gasteiger partial charge in [0.05, 0.1) is 6.10 Å². The zero-order chi connectivity index (χ0) is 23.5. The summed E-state index contributed by atoms with van der Waals surface area (Å²) in [7, 11) is 0. The number of benzene rings is 2. The molecule has 2 unspecified atom stereocenters. The van der Waals surface area contributed by atoms with E-state index in [9.17, 15) is 13.9 Å². The minimum Gasteiger partial charge on any atom is -0.390 e. The molecule has 1 fully saturated rings. The monoisotopic (exact) mass is 556 g/mol. The van der Waals surface area contributed by atoms with E-state index in [0.29, 0.717) is 12.1 Å². The molecule has 32 heavy (non-hydrogen) atoms. The van der Waals surface area contributed by atoms with Crippen molar-refractivity contribution in [1.82, 2.24) is 5.32 Å². The summed E-state index contributed by atoms with van der Waals surface area (Å²) in [6.45, 7) is 7.00. The quantitative estimate of drug-likeness (QED) is 0.393. The second-order valence-corrected chi connectivity index (χ2v) is 11.5. The van der Waals surface area contributed by atoms with Gasteiger partial charge in [-0.05, 0) is 88.2 Å². The third kappa shape index (κ3) is 6.49. The molecule has 0 saturated heterocycles. The molecule has 2 aromatic carbocycles. The van der Waals surface area contributed by atoms with Crippen molar-refractivity contribution in [3.63, 3.8) is 0 Å².